The van der Waals surface area contributed by atoms with E-state index in [0.717, 1.165) is 24.7 Å². The first-order valence-electron chi connectivity index (χ1n) is 11.4. The maximum Gasteiger partial charge on any atom is 0.200 e. The van der Waals surface area contributed by atoms with Crippen molar-refractivity contribution in [3.05, 3.63) is 0 Å². The number of ether oxygens (including phenoxy) is 2. The molecule has 0 bridgehead atoms. The second kappa shape index (κ2) is 8.48. The summed E-state index contributed by atoms with van der Waals surface area (Å²) in [5.74, 6) is 1.32. The monoisotopic (exact) mass is 398 g/mol. The highest BCUT2D eigenvalue weighted by Crippen LogP contribution is 2.53. The zero-order valence-corrected chi connectivity index (χ0v) is 17.1. The van der Waals surface area contributed by atoms with Gasteiger partial charge < -0.3 is 29.9 Å². The quantitative estimate of drug-likeness (QED) is 0.577. The minimum atomic E-state index is -1.37. The van der Waals surface area contributed by atoms with E-state index in [1.165, 1.54) is 44.9 Å². The molecule has 1 spiro atoms. The van der Waals surface area contributed by atoms with Crippen LogP contribution < -0.4 is 0 Å². The van der Waals surface area contributed by atoms with Crippen molar-refractivity contribution in [3.8, 4) is 0 Å². The highest BCUT2D eigenvalue weighted by atomic mass is 16.7. The number of hydrogen-bond acceptors (Lipinski definition) is 6. The molecule has 2 aliphatic heterocycles. The Kier molecular flexibility index (Phi) is 6.36. The van der Waals surface area contributed by atoms with E-state index >= 15 is 0 Å². The van der Waals surface area contributed by atoms with E-state index in [-0.39, 0.29) is 5.92 Å². The lowest BCUT2D eigenvalue weighted by Crippen LogP contribution is -2.67. The number of fused-ring (bicyclic) bond motifs is 2. The van der Waals surface area contributed by atoms with Gasteiger partial charge in [-0.1, -0.05) is 45.4 Å². The summed E-state index contributed by atoms with van der Waals surface area (Å²) < 4.78 is 12.0. The molecule has 6 nitrogen and oxygen atoms in total. The first-order chi connectivity index (χ1) is 13.5. The van der Waals surface area contributed by atoms with Gasteiger partial charge in [-0.3, -0.25) is 0 Å². The van der Waals surface area contributed by atoms with Crippen LogP contribution in [0.4, 0.5) is 0 Å². The summed E-state index contributed by atoms with van der Waals surface area (Å²) >= 11 is 0. The van der Waals surface area contributed by atoms with Gasteiger partial charge in [0.1, 0.15) is 24.4 Å². The predicted molar refractivity (Wildman–Crippen MR) is 103 cm³/mol. The van der Waals surface area contributed by atoms with E-state index in [1.807, 2.05) is 0 Å². The Hall–Kier alpha value is -0.240. The lowest BCUT2D eigenvalue weighted by atomic mass is 9.66. The second-order valence-electron chi connectivity index (χ2n) is 9.87. The Labute approximate surface area is 168 Å². The molecule has 2 saturated heterocycles. The van der Waals surface area contributed by atoms with Crippen LogP contribution in [0.2, 0.25) is 0 Å². The zero-order chi connectivity index (χ0) is 19.9. The van der Waals surface area contributed by atoms with Crippen LogP contribution in [0.3, 0.4) is 0 Å². The van der Waals surface area contributed by atoms with Crippen molar-refractivity contribution < 1.29 is 29.9 Å². The van der Waals surface area contributed by atoms with Crippen molar-refractivity contribution in [1.82, 2.24) is 0 Å². The van der Waals surface area contributed by atoms with Gasteiger partial charge in [0.2, 0.25) is 5.79 Å². The predicted octanol–water partition coefficient (Wildman–Crippen LogP) is 1.83. The fraction of sp³-hybridized carbons (Fsp3) is 1.00. The van der Waals surface area contributed by atoms with Gasteiger partial charge in [0.15, 0.2) is 0 Å². The van der Waals surface area contributed by atoms with Gasteiger partial charge in [-0.15, -0.1) is 0 Å². The summed E-state index contributed by atoms with van der Waals surface area (Å²) in [5.41, 5.74) is 0. The average molecular weight is 399 g/mol. The number of hydrogen-bond donors (Lipinski definition) is 4. The molecule has 4 N–H and O–H groups in total. The molecule has 6 heteroatoms. The van der Waals surface area contributed by atoms with E-state index in [1.54, 1.807) is 0 Å². The molecule has 2 aliphatic carbocycles. The summed E-state index contributed by atoms with van der Waals surface area (Å²) in [5, 5.41) is 40.8. The van der Waals surface area contributed by atoms with Crippen molar-refractivity contribution in [2.24, 2.45) is 29.6 Å². The maximum absolute atomic E-state index is 10.8. The Balaban J connectivity index is 1.43. The van der Waals surface area contributed by atoms with Gasteiger partial charge in [-0.05, 0) is 42.9 Å². The SMILES string of the molecule is CCC1CCC(CC2CCC3CO[C@]4(O[C@H](CO)[C@@H](O)[C@H](O)[C@H]4O)C3C2)CC1. The molecular formula is C22H38O6. The standard InChI is InChI=1S/C22H38O6/c1-2-13-3-5-14(6-4-13)9-15-7-8-16-12-27-22(17(16)10-15)21(26)20(25)19(24)18(11-23)28-22/h13-21,23-26H,2-12H2,1H3/t13?,14?,15?,16?,17?,18-,19-,20+,21-,22+/m1/s1. The molecular weight excluding hydrogens is 360 g/mol. The van der Waals surface area contributed by atoms with Crippen LogP contribution in [-0.4, -0.2) is 63.8 Å². The van der Waals surface area contributed by atoms with Crippen LogP contribution in [0.5, 0.6) is 0 Å². The van der Waals surface area contributed by atoms with Crippen molar-refractivity contribution >= 4 is 0 Å². The van der Waals surface area contributed by atoms with Gasteiger partial charge in [0.05, 0.1) is 13.2 Å². The molecule has 4 rings (SSSR count). The summed E-state index contributed by atoms with van der Waals surface area (Å²) in [6.07, 6.45) is 6.21. The summed E-state index contributed by atoms with van der Waals surface area (Å²) in [6.45, 7) is 2.40. The van der Waals surface area contributed by atoms with Crippen LogP contribution in [0.25, 0.3) is 0 Å². The molecule has 0 aromatic rings. The van der Waals surface area contributed by atoms with Crippen LogP contribution in [0.1, 0.15) is 64.7 Å². The molecule has 0 aromatic carbocycles. The fourth-order valence-electron chi connectivity index (χ4n) is 6.51. The van der Waals surface area contributed by atoms with Gasteiger partial charge in [-0.25, -0.2) is 0 Å². The molecule has 0 aromatic heterocycles. The van der Waals surface area contributed by atoms with Crippen LogP contribution in [0.15, 0.2) is 0 Å². The van der Waals surface area contributed by atoms with E-state index in [0.29, 0.717) is 18.4 Å². The van der Waals surface area contributed by atoms with Crippen molar-refractivity contribution in [2.45, 2.75) is 94.9 Å². The minimum absolute atomic E-state index is 0.00410. The van der Waals surface area contributed by atoms with Gasteiger partial charge in [0, 0.05) is 5.92 Å². The second-order valence-corrected chi connectivity index (χ2v) is 9.87. The first kappa shape index (κ1) is 21.0. The van der Waals surface area contributed by atoms with Gasteiger partial charge >= 0.3 is 0 Å². The Morgan fingerprint density at radius 1 is 0.893 bits per heavy atom. The molecule has 0 amide bonds. The van der Waals surface area contributed by atoms with Gasteiger partial charge in [0.25, 0.3) is 0 Å². The van der Waals surface area contributed by atoms with E-state index in [2.05, 4.69) is 6.92 Å². The largest absolute Gasteiger partial charge is 0.394 e. The molecule has 8 atom stereocenters. The third-order valence-electron chi connectivity index (χ3n) is 8.33. The number of aliphatic hydroxyl groups excluding tert-OH is 4. The van der Waals surface area contributed by atoms with Gasteiger partial charge in [-0.2, -0.15) is 0 Å². The topological polar surface area (TPSA) is 99.4 Å². The fourth-order valence-corrected chi connectivity index (χ4v) is 6.51. The molecule has 28 heavy (non-hydrogen) atoms. The Bertz CT molecular complexity index is 519. The molecule has 2 heterocycles. The Morgan fingerprint density at radius 2 is 1.57 bits per heavy atom. The first-order valence-corrected chi connectivity index (χ1v) is 11.4. The number of rotatable bonds is 4. The Morgan fingerprint density at radius 3 is 2.25 bits per heavy atom. The summed E-state index contributed by atoms with van der Waals surface area (Å²) in [4.78, 5) is 0. The smallest absolute Gasteiger partial charge is 0.200 e. The molecule has 3 unspecified atom stereocenters. The molecule has 162 valence electrons. The summed E-state index contributed by atoms with van der Waals surface area (Å²) in [6, 6.07) is 0. The van der Waals surface area contributed by atoms with Crippen molar-refractivity contribution in [3.63, 3.8) is 0 Å². The van der Waals surface area contributed by atoms with Crippen LogP contribution in [-0.2, 0) is 9.47 Å². The van der Waals surface area contributed by atoms with Crippen LogP contribution >= 0.6 is 0 Å². The van der Waals surface area contributed by atoms with E-state index < -0.39 is 36.8 Å². The zero-order valence-electron chi connectivity index (χ0n) is 17.1. The van der Waals surface area contributed by atoms with Crippen LogP contribution in [0, 0.1) is 29.6 Å². The normalized spacial score (nSPS) is 52.0. The highest BCUT2D eigenvalue weighted by Gasteiger charge is 2.63. The van der Waals surface area contributed by atoms with Crippen molar-refractivity contribution in [2.75, 3.05) is 13.2 Å². The third kappa shape index (κ3) is 3.65. The highest BCUT2D eigenvalue weighted by molar-refractivity contribution is 5.06. The number of aliphatic hydroxyl groups is 4. The third-order valence-corrected chi connectivity index (χ3v) is 8.33. The molecule has 0 radical (unpaired) electrons. The van der Waals surface area contributed by atoms with E-state index in [4.69, 9.17) is 9.47 Å². The molecule has 2 saturated carbocycles. The van der Waals surface area contributed by atoms with Crippen molar-refractivity contribution in [1.29, 1.82) is 0 Å². The average Bonchev–Trinajstić information content (AvgIpc) is 3.08. The lowest BCUT2D eigenvalue weighted by molar-refractivity contribution is -0.365. The van der Waals surface area contributed by atoms with E-state index in [9.17, 15) is 20.4 Å². The lowest BCUT2D eigenvalue weighted by Gasteiger charge is -2.50. The summed E-state index contributed by atoms with van der Waals surface area (Å²) in [7, 11) is 0. The maximum atomic E-state index is 10.8. The molecule has 4 aliphatic rings. The minimum Gasteiger partial charge on any atom is -0.394 e. The molecule has 4 fully saturated rings.